The van der Waals surface area contributed by atoms with Crippen LogP contribution in [-0.2, 0) is 0 Å². The average Bonchev–Trinajstić information content (AvgIpc) is 2.18. The topological polar surface area (TPSA) is 50.4 Å². The third-order valence-corrected chi connectivity index (χ3v) is 2.62. The normalized spacial score (nSPS) is 11.2. The van der Waals surface area contributed by atoms with Gasteiger partial charge in [0.2, 0.25) is 0 Å². The highest BCUT2D eigenvalue weighted by Gasteiger charge is 2.11. The van der Waals surface area contributed by atoms with E-state index in [1.807, 2.05) is 13.8 Å². The van der Waals surface area contributed by atoms with Crippen molar-refractivity contribution in [2.24, 2.45) is 0 Å². The van der Waals surface area contributed by atoms with Gasteiger partial charge in [0.25, 0.3) is 0 Å². The van der Waals surface area contributed by atoms with E-state index in [1.54, 1.807) is 13.0 Å². The van der Waals surface area contributed by atoms with E-state index in [0.29, 0.717) is 16.7 Å². The number of phenolic OH excluding ortho intramolecular Hbond substituents is 1. The molecule has 0 aliphatic carbocycles. The number of phenols is 1. The van der Waals surface area contributed by atoms with Crippen LogP contribution in [0.2, 0.25) is 0 Å². The largest absolute Gasteiger partial charge is 0.508 e. The maximum atomic E-state index is 11.7. The van der Waals surface area contributed by atoms with Gasteiger partial charge in [0.15, 0.2) is 5.43 Å². The fourth-order valence-electron chi connectivity index (χ4n) is 1.79. The van der Waals surface area contributed by atoms with Crippen LogP contribution in [0.5, 0.6) is 5.75 Å². The highest BCUT2D eigenvalue weighted by Crippen LogP contribution is 2.29. The lowest BCUT2D eigenvalue weighted by Gasteiger charge is -2.09. The molecule has 0 amide bonds. The zero-order chi connectivity index (χ0) is 11.9. The van der Waals surface area contributed by atoms with Crippen molar-refractivity contribution in [2.75, 3.05) is 0 Å². The van der Waals surface area contributed by atoms with Gasteiger partial charge in [-0.2, -0.15) is 0 Å². The van der Waals surface area contributed by atoms with Crippen LogP contribution in [0.4, 0.5) is 0 Å². The molecule has 1 aromatic carbocycles. The number of aromatic hydroxyl groups is 1. The molecule has 2 aromatic rings. The van der Waals surface area contributed by atoms with E-state index in [-0.39, 0.29) is 17.1 Å². The summed E-state index contributed by atoms with van der Waals surface area (Å²) in [6, 6.07) is 4.65. The van der Waals surface area contributed by atoms with E-state index in [4.69, 9.17) is 4.42 Å². The summed E-state index contributed by atoms with van der Waals surface area (Å²) in [6.45, 7) is 5.70. The fraction of sp³-hybridized carbons (Fsp3) is 0.308. The van der Waals surface area contributed by atoms with Crippen LogP contribution >= 0.6 is 0 Å². The van der Waals surface area contributed by atoms with Crippen molar-refractivity contribution >= 4 is 11.0 Å². The smallest absolute Gasteiger partial charge is 0.193 e. The lowest BCUT2D eigenvalue weighted by Crippen LogP contribution is -2.01. The molecule has 0 saturated carbocycles. The summed E-state index contributed by atoms with van der Waals surface area (Å²) in [4.78, 5) is 11.7. The van der Waals surface area contributed by atoms with E-state index in [2.05, 4.69) is 0 Å². The summed E-state index contributed by atoms with van der Waals surface area (Å²) in [6.07, 6.45) is 0. The predicted molar refractivity (Wildman–Crippen MR) is 63.0 cm³/mol. The second-order valence-electron chi connectivity index (χ2n) is 4.28. The van der Waals surface area contributed by atoms with Crippen molar-refractivity contribution < 1.29 is 9.52 Å². The first-order chi connectivity index (χ1) is 7.49. The molecule has 1 heterocycles. The maximum absolute atomic E-state index is 11.7. The van der Waals surface area contributed by atoms with Crippen LogP contribution in [0.25, 0.3) is 11.0 Å². The van der Waals surface area contributed by atoms with Gasteiger partial charge < -0.3 is 9.52 Å². The molecule has 3 nitrogen and oxygen atoms in total. The fourth-order valence-corrected chi connectivity index (χ4v) is 1.79. The molecule has 0 fully saturated rings. The molecule has 1 aromatic heterocycles. The minimum atomic E-state index is -0.121. The summed E-state index contributed by atoms with van der Waals surface area (Å²) < 4.78 is 5.48. The predicted octanol–water partition coefficient (Wildman–Crippen LogP) is 2.93. The summed E-state index contributed by atoms with van der Waals surface area (Å²) in [5.41, 5.74) is 1.21. The minimum absolute atomic E-state index is 0.121. The first-order valence-electron chi connectivity index (χ1n) is 5.26. The van der Waals surface area contributed by atoms with E-state index < -0.39 is 0 Å². The van der Waals surface area contributed by atoms with Gasteiger partial charge in [0, 0.05) is 11.6 Å². The van der Waals surface area contributed by atoms with Gasteiger partial charge in [-0.25, -0.2) is 0 Å². The van der Waals surface area contributed by atoms with Gasteiger partial charge in [-0.15, -0.1) is 0 Å². The molecular weight excluding hydrogens is 204 g/mol. The minimum Gasteiger partial charge on any atom is -0.508 e. The highest BCUT2D eigenvalue weighted by molar-refractivity contribution is 5.79. The summed E-state index contributed by atoms with van der Waals surface area (Å²) >= 11 is 0. The van der Waals surface area contributed by atoms with E-state index in [9.17, 15) is 9.90 Å². The molecular formula is C13H14O3. The third-order valence-electron chi connectivity index (χ3n) is 2.62. The number of aryl methyl sites for hydroxylation is 1. The van der Waals surface area contributed by atoms with Crippen LogP contribution < -0.4 is 5.43 Å². The summed E-state index contributed by atoms with van der Waals surface area (Å²) in [7, 11) is 0. The Morgan fingerprint density at radius 3 is 2.56 bits per heavy atom. The molecule has 0 radical (unpaired) electrons. The summed E-state index contributed by atoms with van der Waals surface area (Å²) in [5, 5.41) is 10.2. The Morgan fingerprint density at radius 1 is 1.25 bits per heavy atom. The van der Waals surface area contributed by atoms with E-state index in [1.165, 1.54) is 12.1 Å². The van der Waals surface area contributed by atoms with Gasteiger partial charge >= 0.3 is 0 Å². The third kappa shape index (κ3) is 1.69. The van der Waals surface area contributed by atoms with Crippen molar-refractivity contribution in [2.45, 2.75) is 26.7 Å². The van der Waals surface area contributed by atoms with Crippen molar-refractivity contribution in [1.29, 1.82) is 0 Å². The van der Waals surface area contributed by atoms with Crippen LogP contribution in [0.1, 0.15) is 31.1 Å². The lowest BCUT2D eigenvalue weighted by molar-refractivity contribution is 0.464. The van der Waals surface area contributed by atoms with Crippen LogP contribution in [0, 0.1) is 6.92 Å². The molecule has 2 rings (SSSR count). The first-order valence-corrected chi connectivity index (χ1v) is 5.26. The Labute approximate surface area is 93.3 Å². The van der Waals surface area contributed by atoms with Crippen LogP contribution in [-0.4, -0.2) is 5.11 Å². The Morgan fingerprint density at radius 2 is 1.94 bits per heavy atom. The molecule has 16 heavy (non-hydrogen) atoms. The zero-order valence-electron chi connectivity index (χ0n) is 9.57. The van der Waals surface area contributed by atoms with Crippen molar-refractivity contribution in [3.63, 3.8) is 0 Å². The molecule has 0 bridgehead atoms. The number of hydrogen-bond donors (Lipinski definition) is 1. The number of rotatable bonds is 1. The number of hydrogen-bond acceptors (Lipinski definition) is 3. The Balaban J connectivity index is 2.84. The van der Waals surface area contributed by atoms with Crippen molar-refractivity contribution in [1.82, 2.24) is 0 Å². The van der Waals surface area contributed by atoms with Gasteiger partial charge in [0.1, 0.15) is 17.1 Å². The number of benzene rings is 1. The molecule has 0 aliphatic heterocycles. The van der Waals surface area contributed by atoms with E-state index >= 15 is 0 Å². The Bertz CT molecular complexity index is 594. The molecule has 0 aliphatic rings. The molecule has 0 saturated heterocycles. The monoisotopic (exact) mass is 218 g/mol. The summed E-state index contributed by atoms with van der Waals surface area (Å²) in [5.74, 6) is 0.923. The molecule has 0 spiro atoms. The van der Waals surface area contributed by atoms with Gasteiger partial charge in [-0.1, -0.05) is 13.8 Å². The molecule has 1 N–H and O–H groups in total. The average molecular weight is 218 g/mol. The first kappa shape index (κ1) is 10.7. The Hall–Kier alpha value is -1.77. The quantitative estimate of drug-likeness (QED) is 0.800. The van der Waals surface area contributed by atoms with Crippen molar-refractivity contribution in [3.05, 3.63) is 39.7 Å². The van der Waals surface area contributed by atoms with E-state index in [0.717, 1.165) is 5.56 Å². The standard InChI is InChI=1S/C13H14O3/c1-7(2)9-6-13-10(5-12(9)15)11(14)4-8(3)16-13/h4-7,15H,1-3H3. The second-order valence-corrected chi connectivity index (χ2v) is 4.28. The molecule has 0 unspecified atom stereocenters. The molecule has 3 heteroatoms. The lowest BCUT2D eigenvalue weighted by atomic mass is 10.0. The molecule has 84 valence electrons. The maximum Gasteiger partial charge on any atom is 0.193 e. The molecule has 0 atom stereocenters. The van der Waals surface area contributed by atoms with Gasteiger partial charge in [0.05, 0.1) is 5.39 Å². The number of fused-ring (bicyclic) bond motifs is 1. The second kappa shape index (κ2) is 3.67. The highest BCUT2D eigenvalue weighted by atomic mass is 16.3. The van der Waals surface area contributed by atoms with Crippen molar-refractivity contribution in [3.8, 4) is 5.75 Å². The Kier molecular flexibility index (Phi) is 2.46. The van der Waals surface area contributed by atoms with Crippen LogP contribution in [0.15, 0.2) is 27.4 Å². The van der Waals surface area contributed by atoms with Gasteiger partial charge in [-0.05, 0) is 25.0 Å². The van der Waals surface area contributed by atoms with Gasteiger partial charge in [-0.3, -0.25) is 4.79 Å². The SMILES string of the molecule is Cc1cc(=O)c2cc(O)c(C(C)C)cc2o1. The zero-order valence-corrected chi connectivity index (χ0v) is 9.57. The van der Waals surface area contributed by atoms with Crippen LogP contribution in [0.3, 0.4) is 0 Å².